The highest BCUT2D eigenvalue weighted by atomic mass is 16.5. The average Bonchev–Trinajstić information content (AvgIpc) is 3.23. The zero-order valence-electron chi connectivity index (χ0n) is 17.4. The first-order valence-electron chi connectivity index (χ1n) is 10.5. The fourth-order valence-corrected chi connectivity index (χ4v) is 5.28. The Balaban J connectivity index is 1.25. The van der Waals surface area contributed by atoms with Crippen LogP contribution in [0, 0.1) is 12.8 Å². The predicted octanol–water partition coefficient (Wildman–Crippen LogP) is 2.28. The number of amides is 1. The minimum Gasteiger partial charge on any atom is -0.488 e. The lowest BCUT2D eigenvalue weighted by molar-refractivity contribution is -0.135. The van der Waals surface area contributed by atoms with Crippen LogP contribution in [0.5, 0.6) is 5.75 Å². The maximum Gasteiger partial charge on any atom is 0.226 e. The molecular formula is C22H29N5O2. The number of aryl methyl sites for hydroxylation is 1. The van der Waals surface area contributed by atoms with Gasteiger partial charge in [0.05, 0.1) is 6.54 Å². The molecule has 1 aromatic heterocycles. The van der Waals surface area contributed by atoms with E-state index in [0.29, 0.717) is 5.91 Å². The van der Waals surface area contributed by atoms with Crippen LogP contribution in [-0.2, 0) is 16.8 Å². The monoisotopic (exact) mass is 395 g/mol. The number of fused-ring (bicyclic) bond motifs is 2. The fourth-order valence-electron chi connectivity index (χ4n) is 5.28. The average molecular weight is 396 g/mol. The van der Waals surface area contributed by atoms with Crippen molar-refractivity contribution < 1.29 is 9.53 Å². The largest absolute Gasteiger partial charge is 0.488 e. The number of benzene rings is 1. The highest BCUT2D eigenvalue weighted by molar-refractivity contribution is 5.85. The molecular weight excluding hydrogens is 366 g/mol. The molecule has 2 atom stereocenters. The summed E-state index contributed by atoms with van der Waals surface area (Å²) in [5.41, 5.74) is 0.927. The number of hydrogen-bond donors (Lipinski definition) is 1. The van der Waals surface area contributed by atoms with Gasteiger partial charge in [0.25, 0.3) is 0 Å². The highest BCUT2D eigenvalue weighted by Crippen LogP contribution is 2.63. The summed E-state index contributed by atoms with van der Waals surface area (Å²) in [5.74, 6) is 3.00. The standard InChI is InChI=1S/C22H29N5O2/c1-15-23-19(25-24-15)13-26-8-10-27(11-9-26)20(28)17-12-22(17)14-21(2,3)29-18-7-5-4-6-16(18)22/h4-7,17H,8-14H2,1-3H3,(H,23,24,25)/t17-,22+/m1/s1. The van der Waals surface area contributed by atoms with E-state index in [2.05, 4.69) is 51.0 Å². The predicted molar refractivity (Wildman–Crippen MR) is 109 cm³/mol. The summed E-state index contributed by atoms with van der Waals surface area (Å²) in [7, 11) is 0. The van der Waals surface area contributed by atoms with E-state index in [-0.39, 0.29) is 16.9 Å². The third-order valence-electron chi connectivity index (χ3n) is 6.62. The van der Waals surface area contributed by atoms with Crippen molar-refractivity contribution in [2.24, 2.45) is 5.92 Å². The van der Waals surface area contributed by atoms with E-state index >= 15 is 0 Å². The highest BCUT2D eigenvalue weighted by Gasteiger charge is 2.64. The molecule has 3 heterocycles. The normalized spacial score (nSPS) is 28.1. The molecule has 1 saturated heterocycles. The fraction of sp³-hybridized carbons (Fsp3) is 0.591. The summed E-state index contributed by atoms with van der Waals surface area (Å²) in [6.07, 6.45) is 1.84. The first-order chi connectivity index (χ1) is 13.9. The summed E-state index contributed by atoms with van der Waals surface area (Å²) in [5, 5.41) is 7.12. The number of hydrogen-bond acceptors (Lipinski definition) is 5. The van der Waals surface area contributed by atoms with Crippen molar-refractivity contribution in [2.45, 2.75) is 51.2 Å². The number of carbonyl (C=O) groups is 1. The summed E-state index contributed by atoms with van der Waals surface area (Å²) >= 11 is 0. The summed E-state index contributed by atoms with van der Waals surface area (Å²) in [4.78, 5) is 22.1. The van der Waals surface area contributed by atoms with E-state index in [4.69, 9.17) is 4.74 Å². The molecule has 1 aromatic carbocycles. The minimum atomic E-state index is -0.239. The molecule has 1 N–H and O–H groups in total. The van der Waals surface area contributed by atoms with Crippen molar-refractivity contribution in [3.8, 4) is 5.75 Å². The van der Waals surface area contributed by atoms with Crippen LogP contribution in [0.15, 0.2) is 24.3 Å². The Labute approximate surface area is 171 Å². The number of H-pyrrole nitrogens is 1. The van der Waals surface area contributed by atoms with Gasteiger partial charge in [-0.25, -0.2) is 4.98 Å². The van der Waals surface area contributed by atoms with E-state index < -0.39 is 0 Å². The van der Waals surface area contributed by atoms with Crippen LogP contribution in [0.4, 0.5) is 0 Å². The van der Waals surface area contributed by atoms with Gasteiger partial charge in [0.15, 0.2) is 5.82 Å². The summed E-state index contributed by atoms with van der Waals surface area (Å²) in [6, 6.07) is 8.27. The Morgan fingerprint density at radius 2 is 2.00 bits per heavy atom. The number of nitrogens with one attached hydrogen (secondary N) is 1. The van der Waals surface area contributed by atoms with Gasteiger partial charge >= 0.3 is 0 Å². The molecule has 2 aliphatic heterocycles. The molecule has 1 amide bonds. The van der Waals surface area contributed by atoms with Gasteiger partial charge in [-0.3, -0.25) is 14.8 Å². The van der Waals surface area contributed by atoms with Crippen LogP contribution >= 0.6 is 0 Å². The van der Waals surface area contributed by atoms with Crippen LogP contribution in [0.25, 0.3) is 0 Å². The first kappa shape index (κ1) is 18.6. The van der Waals surface area contributed by atoms with E-state index in [1.807, 2.05) is 19.1 Å². The second-order valence-electron chi connectivity index (χ2n) is 9.39. The van der Waals surface area contributed by atoms with E-state index in [0.717, 1.165) is 63.0 Å². The molecule has 7 heteroatoms. The van der Waals surface area contributed by atoms with Gasteiger partial charge in [-0.1, -0.05) is 18.2 Å². The lowest BCUT2D eigenvalue weighted by Crippen LogP contribution is -2.49. The molecule has 0 radical (unpaired) electrons. The number of rotatable bonds is 3. The van der Waals surface area contributed by atoms with Crippen molar-refractivity contribution in [2.75, 3.05) is 26.2 Å². The second kappa shape index (κ2) is 6.55. The first-order valence-corrected chi connectivity index (χ1v) is 10.5. The minimum absolute atomic E-state index is 0.0525. The number of para-hydroxylation sites is 1. The van der Waals surface area contributed by atoms with Gasteiger partial charge in [-0.15, -0.1) is 0 Å². The van der Waals surface area contributed by atoms with Crippen molar-refractivity contribution in [1.82, 2.24) is 25.0 Å². The Bertz CT molecular complexity index is 931. The number of aromatic amines is 1. The van der Waals surface area contributed by atoms with E-state index in [1.54, 1.807) is 0 Å². The molecule has 1 aliphatic carbocycles. The Kier molecular flexibility index (Phi) is 4.21. The Hall–Kier alpha value is -2.41. The van der Waals surface area contributed by atoms with Gasteiger partial charge in [0.2, 0.25) is 5.91 Å². The van der Waals surface area contributed by atoms with Crippen molar-refractivity contribution in [1.29, 1.82) is 0 Å². The van der Waals surface area contributed by atoms with E-state index in [9.17, 15) is 4.79 Å². The van der Waals surface area contributed by atoms with Gasteiger partial charge in [-0.05, 0) is 39.7 Å². The van der Waals surface area contributed by atoms with Crippen molar-refractivity contribution >= 4 is 5.91 Å². The molecule has 1 spiro atoms. The van der Waals surface area contributed by atoms with Crippen molar-refractivity contribution in [3.05, 3.63) is 41.5 Å². The van der Waals surface area contributed by atoms with Crippen LogP contribution < -0.4 is 4.74 Å². The SMILES string of the molecule is Cc1nc(CN2CCN(C(=O)[C@H]3C[C@@]34CC(C)(C)Oc3ccccc34)CC2)n[nH]1. The summed E-state index contributed by atoms with van der Waals surface area (Å²) in [6.45, 7) is 10.2. The second-order valence-corrected chi connectivity index (χ2v) is 9.39. The molecule has 29 heavy (non-hydrogen) atoms. The lowest BCUT2D eigenvalue weighted by Gasteiger charge is -2.39. The molecule has 0 unspecified atom stereocenters. The van der Waals surface area contributed by atoms with Gasteiger partial charge in [0, 0.05) is 43.1 Å². The third-order valence-corrected chi connectivity index (χ3v) is 6.62. The number of ether oxygens (including phenoxy) is 1. The quantitative estimate of drug-likeness (QED) is 0.863. The van der Waals surface area contributed by atoms with Crippen LogP contribution in [0.2, 0.25) is 0 Å². The van der Waals surface area contributed by atoms with E-state index in [1.165, 1.54) is 5.56 Å². The Morgan fingerprint density at radius 1 is 1.24 bits per heavy atom. The molecule has 154 valence electrons. The smallest absolute Gasteiger partial charge is 0.226 e. The maximum absolute atomic E-state index is 13.4. The zero-order valence-corrected chi connectivity index (χ0v) is 17.4. The third kappa shape index (κ3) is 3.31. The number of carbonyl (C=O) groups excluding carboxylic acids is 1. The van der Waals surface area contributed by atoms with Crippen LogP contribution in [-0.4, -0.2) is 62.7 Å². The van der Waals surface area contributed by atoms with Gasteiger partial charge in [0.1, 0.15) is 17.2 Å². The maximum atomic E-state index is 13.4. The molecule has 7 nitrogen and oxygen atoms in total. The molecule has 5 rings (SSSR count). The van der Waals surface area contributed by atoms with Crippen LogP contribution in [0.3, 0.4) is 0 Å². The molecule has 0 bridgehead atoms. The molecule has 1 saturated carbocycles. The zero-order chi connectivity index (χ0) is 20.2. The van der Waals surface area contributed by atoms with Gasteiger partial charge in [-0.2, -0.15) is 5.10 Å². The molecule has 2 aromatic rings. The van der Waals surface area contributed by atoms with Crippen molar-refractivity contribution in [3.63, 3.8) is 0 Å². The molecule has 3 aliphatic rings. The van der Waals surface area contributed by atoms with Gasteiger partial charge < -0.3 is 9.64 Å². The number of aromatic nitrogens is 3. The lowest BCUT2D eigenvalue weighted by atomic mass is 9.79. The number of nitrogens with zero attached hydrogens (tertiary/aromatic N) is 4. The van der Waals surface area contributed by atoms with Crippen LogP contribution in [0.1, 0.15) is 43.9 Å². The molecule has 2 fully saturated rings. The Morgan fingerprint density at radius 3 is 2.72 bits per heavy atom. The topological polar surface area (TPSA) is 74.3 Å². The number of piperazine rings is 1. The summed E-state index contributed by atoms with van der Waals surface area (Å²) < 4.78 is 6.19.